The molecule has 0 fully saturated rings. The van der Waals surface area contributed by atoms with E-state index in [1.807, 2.05) is 19.1 Å². The second-order valence-electron chi connectivity index (χ2n) is 5.43. The van der Waals surface area contributed by atoms with Gasteiger partial charge in [-0.3, -0.25) is 9.88 Å². The van der Waals surface area contributed by atoms with Gasteiger partial charge in [-0.15, -0.1) is 0 Å². The lowest BCUT2D eigenvalue weighted by Crippen LogP contribution is -2.37. The van der Waals surface area contributed by atoms with E-state index in [1.54, 1.807) is 0 Å². The van der Waals surface area contributed by atoms with E-state index in [4.69, 9.17) is 0 Å². The van der Waals surface area contributed by atoms with Gasteiger partial charge in [0.15, 0.2) is 0 Å². The molecule has 1 heterocycles. The third kappa shape index (κ3) is 4.87. The number of aryl methyl sites for hydroxylation is 1. The standard InChI is InChI=1S/C18H25N3/c1-4-21(14-18-12-8-9-15(2)20-18)16(3)13-19-17-10-6-5-7-11-17/h5-12,16,19H,4,13-14H2,1-3H3. The van der Waals surface area contributed by atoms with Gasteiger partial charge in [-0.2, -0.15) is 0 Å². The van der Waals surface area contributed by atoms with Gasteiger partial charge >= 0.3 is 0 Å². The van der Waals surface area contributed by atoms with Gasteiger partial charge in [0, 0.05) is 30.5 Å². The highest BCUT2D eigenvalue weighted by Gasteiger charge is 2.13. The molecule has 0 spiro atoms. The molecule has 3 heteroatoms. The Morgan fingerprint density at radius 2 is 1.86 bits per heavy atom. The highest BCUT2D eigenvalue weighted by Crippen LogP contribution is 2.10. The summed E-state index contributed by atoms with van der Waals surface area (Å²) in [6.45, 7) is 9.36. The number of hydrogen-bond acceptors (Lipinski definition) is 3. The summed E-state index contributed by atoms with van der Waals surface area (Å²) in [5.41, 5.74) is 3.40. The van der Waals surface area contributed by atoms with E-state index >= 15 is 0 Å². The summed E-state index contributed by atoms with van der Waals surface area (Å²) in [4.78, 5) is 7.04. The Balaban J connectivity index is 1.90. The molecule has 21 heavy (non-hydrogen) atoms. The highest BCUT2D eigenvalue weighted by atomic mass is 15.2. The molecule has 1 atom stereocenters. The Bertz CT molecular complexity index is 539. The maximum absolute atomic E-state index is 4.60. The monoisotopic (exact) mass is 283 g/mol. The number of para-hydroxylation sites is 1. The van der Waals surface area contributed by atoms with Crippen LogP contribution in [0.25, 0.3) is 0 Å². The molecular weight excluding hydrogens is 258 g/mol. The second kappa shape index (κ2) is 7.79. The Morgan fingerprint density at radius 3 is 2.52 bits per heavy atom. The molecular formula is C18H25N3. The van der Waals surface area contributed by atoms with Crippen LogP contribution in [0.5, 0.6) is 0 Å². The Labute approximate surface area is 128 Å². The highest BCUT2D eigenvalue weighted by molar-refractivity contribution is 5.42. The van der Waals surface area contributed by atoms with Crippen LogP contribution in [0.15, 0.2) is 48.5 Å². The molecule has 2 aromatic rings. The maximum atomic E-state index is 4.60. The fraction of sp³-hybridized carbons (Fsp3) is 0.389. The van der Waals surface area contributed by atoms with Crippen molar-refractivity contribution in [3.05, 3.63) is 59.9 Å². The maximum Gasteiger partial charge on any atom is 0.0547 e. The zero-order chi connectivity index (χ0) is 15.1. The first-order valence-electron chi connectivity index (χ1n) is 7.64. The predicted molar refractivity (Wildman–Crippen MR) is 89.5 cm³/mol. The first-order chi connectivity index (χ1) is 10.2. The van der Waals surface area contributed by atoms with E-state index in [0.717, 1.165) is 31.0 Å². The molecule has 112 valence electrons. The van der Waals surface area contributed by atoms with Crippen molar-refractivity contribution in [2.24, 2.45) is 0 Å². The molecule has 0 bridgehead atoms. The van der Waals surface area contributed by atoms with Gasteiger partial charge in [-0.05, 0) is 44.7 Å². The molecule has 0 aliphatic heterocycles. The summed E-state index contributed by atoms with van der Waals surface area (Å²) >= 11 is 0. The molecule has 1 unspecified atom stereocenters. The van der Waals surface area contributed by atoms with Crippen molar-refractivity contribution in [3.8, 4) is 0 Å². The number of nitrogens with one attached hydrogen (secondary N) is 1. The molecule has 1 aromatic heterocycles. The van der Waals surface area contributed by atoms with Gasteiger partial charge in [0.05, 0.1) is 5.69 Å². The van der Waals surface area contributed by atoms with Crippen LogP contribution in [0, 0.1) is 6.92 Å². The normalized spacial score (nSPS) is 12.4. The van der Waals surface area contributed by atoms with Crippen molar-refractivity contribution >= 4 is 5.69 Å². The number of nitrogens with zero attached hydrogens (tertiary/aromatic N) is 2. The molecule has 0 aliphatic rings. The molecule has 0 radical (unpaired) electrons. The van der Waals surface area contributed by atoms with Crippen LogP contribution in [0.4, 0.5) is 5.69 Å². The lowest BCUT2D eigenvalue weighted by atomic mass is 10.2. The van der Waals surface area contributed by atoms with E-state index in [9.17, 15) is 0 Å². The number of likely N-dealkylation sites (N-methyl/N-ethyl adjacent to an activating group) is 1. The molecule has 0 amide bonds. The topological polar surface area (TPSA) is 28.2 Å². The van der Waals surface area contributed by atoms with Gasteiger partial charge in [0.2, 0.25) is 0 Å². The van der Waals surface area contributed by atoms with E-state index < -0.39 is 0 Å². The summed E-state index contributed by atoms with van der Waals surface area (Å²) in [5, 5.41) is 3.49. The third-order valence-corrected chi connectivity index (χ3v) is 3.72. The number of pyridine rings is 1. The summed E-state index contributed by atoms with van der Waals surface area (Å²) in [5.74, 6) is 0. The molecule has 2 rings (SSSR count). The van der Waals surface area contributed by atoms with Crippen LogP contribution < -0.4 is 5.32 Å². The summed E-state index contributed by atoms with van der Waals surface area (Å²) in [6.07, 6.45) is 0. The minimum absolute atomic E-state index is 0.456. The molecule has 0 saturated carbocycles. The van der Waals surface area contributed by atoms with E-state index in [2.05, 4.69) is 65.4 Å². The molecule has 1 N–H and O–H groups in total. The van der Waals surface area contributed by atoms with Crippen LogP contribution in [0.1, 0.15) is 25.2 Å². The summed E-state index contributed by atoms with van der Waals surface area (Å²) < 4.78 is 0. The predicted octanol–water partition coefficient (Wildman–Crippen LogP) is 3.71. The van der Waals surface area contributed by atoms with E-state index in [0.29, 0.717) is 6.04 Å². The van der Waals surface area contributed by atoms with Crippen LogP contribution in [0.2, 0.25) is 0 Å². The molecule has 0 saturated heterocycles. The van der Waals surface area contributed by atoms with E-state index in [-0.39, 0.29) is 0 Å². The first-order valence-corrected chi connectivity index (χ1v) is 7.64. The van der Waals surface area contributed by atoms with Crippen molar-refractivity contribution in [1.29, 1.82) is 0 Å². The fourth-order valence-corrected chi connectivity index (χ4v) is 2.43. The first kappa shape index (κ1) is 15.5. The zero-order valence-electron chi connectivity index (χ0n) is 13.2. The lowest BCUT2D eigenvalue weighted by molar-refractivity contribution is 0.216. The third-order valence-electron chi connectivity index (χ3n) is 3.72. The van der Waals surface area contributed by atoms with Gasteiger partial charge in [0.1, 0.15) is 0 Å². The van der Waals surface area contributed by atoms with Gasteiger partial charge in [0.25, 0.3) is 0 Å². The summed E-state index contributed by atoms with van der Waals surface area (Å²) in [7, 11) is 0. The smallest absolute Gasteiger partial charge is 0.0547 e. The number of hydrogen-bond donors (Lipinski definition) is 1. The SMILES string of the molecule is CCN(Cc1cccc(C)n1)C(C)CNc1ccccc1. The van der Waals surface area contributed by atoms with Gasteiger partial charge in [-0.1, -0.05) is 31.2 Å². The van der Waals surface area contributed by atoms with Gasteiger partial charge in [-0.25, -0.2) is 0 Å². The molecule has 1 aromatic carbocycles. The van der Waals surface area contributed by atoms with Gasteiger partial charge < -0.3 is 5.32 Å². The Hall–Kier alpha value is -1.87. The van der Waals surface area contributed by atoms with Crippen molar-refractivity contribution in [2.75, 3.05) is 18.4 Å². The Morgan fingerprint density at radius 1 is 1.10 bits per heavy atom. The lowest BCUT2D eigenvalue weighted by Gasteiger charge is -2.28. The van der Waals surface area contributed by atoms with Crippen LogP contribution in [-0.2, 0) is 6.54 Å². The minimum atomic E-state index is 0.456. The van der Waals surface area contributed by atoms with Crippen molar-refractivity contribution in [3.63, 3.8) is 0 Å². The van der Waals surface area contributed by atoms with Crippen LogP contribution in [0.3, 0.4) is 0 Å². The zero-order valence-corrected chi connectivity index (χ0v) is 13.2. The van der Waals surface area contributed by atoms with Crippen molar-refractivity contribution < 1.29 is 0 Å². The molecule has 0 aliphatic carbocycles. The summed E-state index contributed by atoms with van der Waals surface area (Å²) in [6, 6.07) is 17.0. The number of benzene rings is 1. The van der Waals surface area contributed by atoms with Crippen LogP contribution in [-0.4, -0.2) is 29.0 Å². The second-order valence-corrected chi connectivity index (χ2v) is 5.43. The fourth-order valence-electron chi connectivity index (χ4n) is 2.43. The molecule has 3 nitrogen and oxygen atoms in total. The quantitative estimate of drug-likeness (QED) is 0.839. The van der Waals surface area contributed by atoms with Crippen molar-refractivity contribution in [2.45, 2.75) is 33.4 Å². The minimum Gasteiger partial charge on any atom is -0.383 e. The largest absolute Gasteiger partial charge is 0.383 e. The van der Waals surface area contributed by atoms with Crippen molar-refractivity contribution in [1.82, 2.24) is 9.88 Å². The number of anilines is 1. The van der Waals surface area contributed by atoms with E-state index in [1.165, 1.54) is 5.69 Å². The Kier molecular flexibility index (Phi) is 5.76. The number of aromatic nitrogens is 1. The number of rotatable bonds is 7. The average Bonchev–Trinajstić information content (AvgIpc) is 2.51. The van der Waals surface area contributed by atoms with Crippen LogP contribution >= 0.6 is 0 Å². The average molecular weight is 283 g/mol.